The number of thiol groups is 1. The van der Waals surface area contributed by atoms with Gasteiger partial charge < -0.3 is 4.74 Å². The fourth-order valence-electron chi connectivity index (χ4n) is 1.37. The molecule has 1 aromatic rings. The van der Waals surface area contributed by atoms with Crippen LogP contribution < -0.4 is 16.0 Å². The molecule has 0 atom stereocenters. The maximum absolute atomic E-state index is 11.6. The molecule has 1 amide bonds. The van der Waals surface area contributed by atoms with Crippen molar-refractivity contribution in [2.75, 3.05) is 12.9 Å². The highest BCUT2D eigenvalue weighted by Crippen LogP contribution is 2.19. The second-order valence-electron chi connectivity index (χ2n) is 3.34. The van der Waals surface area contributed by atoms with Crippen molar-refractivity contribution in [3.05, 3.63) is 35.4 Å². The van der Waals surface area contributed by atoms with E-state index in [0.717, 1.165) is 17.7 Å². The topological polar surface area (TPSA) is 64.3 Å². The normalized spacial score (nSPS) is 10.5. The molecule has 0 saturated heterocycles. The highest BCUT2D eigenvalue weighted by Gasteiger charge is 2.09. The van der Waals surface area contributed by atoms with E-state index in [-0.39, 0.29) is 5.91 Å². The van der Waals surface area contributed by atoms with Crippen molar-refractivity contribution >= 4 is 24.6 Å². The number of benzene rings is 1. The van der Waals surface area contributed by atoms with Gasteiger partial charge in [0.25, 0.3) is 5.91 Å². The molecule has 1 rings (SSSR count). The van der Waals surface area contributed by atoms with Crippen LogP contribution in [0.3, 0.4) is 0 Å². The molecule has 0 fully saturated rings. The van der Waals surface area contributed by atoms with Crippen LogP contribution in [0.15, 0.2) is 24.3 Å². The molecule has 4 nitrogen and oxygen atoms in total. The number of nitrogens with one attached hydrogen (secondary N) is 1. The summed E-state index contributed by atoms with van der Waals surface area (Å²) in [6.07, 6.45) is 4.68. The van der Waals surface area contributed by atoms with Crippen molar-refractivity contribution in [2.45, 2.75) is 6.42 Å². The van der Waals surface area contributed by atoms with E-state index in [1.807, 2.05) is 18.2 Å². The van der Waals surface area contributed by atoms with Gasteiger partial charge in [0.15, 0.2) is 0 Å². The van der Waals surface area contributed by atoms with Gasteiger partial charge >= 0.3 is 0 Å². The van der Waals surface area contributed by atoms with Gasteiger partial charge in [-0.15, -0.1) is 0 Å². The molecule has 0 aliphatic heterocycles. The number of hydrogen-bond acceptors (Lipinski definition) is 4. The molecule has 17 heavy (non-hydrogen) atoms. The van der Waals surface area contributed by atoms with Gasteiger partial charge in [0.2, 0.25) is 0 Å². The first-order chi connectivity index (χ1) is 8.22. The molecule has 5 heteroatoms. The average molecular weight is 252 g/mol. The summed E-state index contributed by atoms with van der Waals surface area (Å²) in [6.45, 7) is 0. The van der Waals surface area contributed by atoms with Crippen LogP contribution in [-0.4, -0.2) is 18.8 Å². The zero-order chi connectivity index (χ0) is 12.7. The Balaban J connectivity index is 3.06. The lowest BCUT2D eigenvalue weighted by molar-refractivity contribution is 0.0953. The monoisotopic (exact) mass is 252 g/mol. The van der Waals surface area contributed by atoms with Gasteiger partial charge in [-0.25, -0.2) is 5.84 Å². The van der Waals surface area contributed by atoms with E-state index in [0.29, 0.717) is 11.3 Å². The first-order valence-corrected chi connectivity index (χ1v) is 5.82. The summed E-state index contributed by atoms with van der Waals surface area (Å²) in [4.78, 5) is 11.6. The predicted molar refractivity (Wildman–Crippen MR) is 72.2 cm³/mol. The Labute approximate surface area is 106 Å². The van der Waals surface area contributed by atoms with Crippen LogP contribution in [0, 0.1) is 0 Å². The molecule has 0 radical (unpaired) electrons. The zero-order valence-corrected chi connectivity index (χ0v) is 10.5. The quantitative estimate of drug-likeness (QED) is 0.323. The number of amides is 1. The fraction of sp³-hybridized carbons (Fsp3) is 0.250. The van der Waals surface area contributed by atoms with Gasteiger partial charge in [-0.3, -0.25) is 10.2 Å². The molecule has 3 N–H and O–H groups in total. The van der Waals surface area contributed by atoms with Crippen molar-refractivity contribution in [1.29, 1.82) is 0 Å². The SMILES string of the molecule is COc1ccc(C=CCCS)c(C(=O)NN)c1. The van der Waals surface area contributed by atoms with E-state index in [1.165, 1.54) is 0 Å². The van der Waals surface area contributed by atoms with Crippen LogP contribution in [-0.2, 0) is 0 Å². The third-order valence-corrected chi connectivity index (χ3v) is 2.49. The lowest BCUT2D eigenvalue weighted by Gasteiger charge is -2.07. The maximum atomic E-state index is 11.6. The smallest absolute Gasteiger partial charge is 0.265 e. The van der Waals surface area contributed by atoms with Crippen molar-refractivity contribution in [3.63, 3.8) is 0 Å². The van der Waals surface area contributed by atoms with Crippen LogP contribution in [0.2, 0.25) is 0 Å². The van der Waals surface area contributed by atoms with E-state index >= 15 is 0 Å². The van der Waals surface area contributed by atoms with E-state index < -0.39 is 0 Å². The summed E-state index contributed by atoms with van der Waals surface area (Å²) in [5.41, 5.74) is 3.41. The lowest BCUT2D eigenvalue weighted by atomic mass is 10.1. The predicted octanol–water partition coefficient (Wildman–Crippen LogP) is 1.63. The highest BCUT2D eigenvalue weighted by molar-refractivity contribution is 7.80. The Morgan fingerprint density at radius 3 is 2.94 bits per heavy atom. The Hall–Kier alpha value is -1.46. The number of nitrogen functional groups attached to an aromatic ring is 1. The number of nitrogens with two attached hydrogens (primary N) is 1. The molecular weight excluding hydrogens is 236 g/mol. The average Bonchev–Trinajstić information content (AvgIpc) is 2.38. The van der Waals surface area contributed by atoms with Crippen molar-refractivity contribution in [3.8, 4) is 5.75 Å². The van der Waals surface area contributed by atoms with E-state index in [9.17, 15) is 4.79 Å². The third kappa shape index (κ3) is 3.80. The number of carbonyl (C=O) groups excluding carboxylic acids is 1. The van der Waals surface area contributed by atoms with E-state index in [1.54, 1.807) is 19.2 Å². The number of ether oxygens (including phenoxy) is 1. The Bertz CT molecular complexity index is 419. The number of hydrogen-bond donors (Lipinski definition) is 3. The first kappa shape index (κ1) is 13.6. The summed E-state index contributed by atoms with van der Waals surface area (Å²) in [7, 11) is 1.55. The number of rotatable bonds is 5. The minimum absolute atomic E-state index is 0.338. The van der Waals surface area contributed by atoms with Gasteiger partial charge in [0.1, 0.15) is 5.75 Å². The Morgan fingerprint density at radius 2 is 2.35 bits per heavy atom. The van der Waals surface area contributed by atoms with Crippen LogP contribution in [0.25, 0.3) is 6.08 Å². The van der Waals surface area contributed by atoms with E-state index in [4.69, 9.17) is 10.6 Å². The lowest BCUT2D eigenvalue weighted by Crippen LogP contribution is -2.30. The minimum atomic E-state index is -0.338. The van der Waals surface area contributed by atoms with Crippen molar-refractivity contribution in [1.82, 2.24) is 5.43 Å². The second kappa shape index (κ2) is 6.98. The standard InChI is InChI=1S/C12H16N2O2S/c1-16-10-6-5-9(4-2-3-7-17)11(8-10)12(15)14-13/h2,4-6,8,17H,3,7,13H2,1H3,(H,14,15). The molecule has 0 spiro atoms. The molecule has 0 bridgehead atoms. The number of hydrazine groups is 1. The molecule has 0 aliphatic rings. The number of allylic oxidation sites excluding steroid dienone is 1. The van der Waals surface area contributed by atoms with Crippen LogP contribution >= 0.6 is 12.6 Å². The largest absolute Gasteiger partial charge is 0.497 e. The molecule has 0 unspecified atom stereocenters. The van der Waals surface area contributed by atoms with Gasteiger partial charge in [-0.05, 0) is 29.9 Å². The molecular formula is C12H16N2O2S. The summed E-state index contributed by atoms with van der Waals surface area (Å²) in [5, 5.41) is 0. The van der Waals surface area contributed by atoms with Gasteiger partial charge in [-0.1, -0.05) is 18.2 Å². The van der Waals surface area contributed by atoms with Gasteiger partial charge in [0.05, 0.1) is 12.7 Å². The Kier molecular flexibility index (Phi) is 5.59. The van der Waals surface area contributed by atoms with Crippen molar-refractivity contribution < 1.29 is 9.53 Å². The molecule has 0 aromatic heterocycles. The molecule has 0 aliphatic carbocycles. The maximum Gasteiger partial charge on any atom is 0.265 e. The minimum Gasteiger partial charge on any atom is -0.497 e. The summed E-state index contributed by atoms with van der Waals surface area (Å²) >= 11 is 4.11. The second-order valence-corrected chi connectivity index (χ2v) is 3.79. The van der Waals surface area contributed by atoms with Gasteiger partial charge in [0, 0.05) is 0 Å². The zero-order valence-electron chi connectivity index (χ0n) is 9.64. The third-order valence-electron chi connectivity index (χ3n) is 2.23. The highest BCUT2D eigenvalue weighted by atomic mass is 32.1. The Morgan fingerprint density at radius 1 is 1.59 bits per heavy atom. The van der Waals surface area contributed by atoms with Crippen LogP contribution in [0.5, 0.6) is 5.75 Å². The summed E-state index contributed by atoms with van der Waals surface area (Å²) < 4.78 is 5.07. The molecule has 92 valence electrons. The van der Waals surface area contributed by atoms with Crippen molar-refractivity contribution in [2.24, 2.45) is 5.84 Å². The first-order valence-electron chi connectivity index (χ1n) is 5.19. The fourth-order valence-corrected chi connectivity index (χ4v) is 1.52. The van der Waals surface area contributed by atoms with Crippen LogP contribution in [0.1, 0.15) is 22.3 Å². The van der Waals surface area contributed by atoms with Crippen LogP contribution in [0.4, 0.5) is 0 Å². The number of methoxy groups -OCH3 is 1. The molecule has 0 saturated carbocycles. The molecule has 0 heterocycles. The summed E-state index contributed by atoms with van der Waals surface area (Å²) in [6, 6.07) is 5.27. The number of carbonyl (C=O) groups is 1. The van der Waals surface area contributed by atoms with E-state index in [2.05, 4.69) is 18.1 Å². The van der Waals surface area contributed by atoms with Gasteiger partial charge in [-0.2, -0.15) is 12.6 Å². The summed E-state index contributed by atoms with van der Waals surface area (Å²) in [5.74, 6) is 6.19. The molecule has 1 aromatic carbocycles.